The Hall–Kier alpha value is -0.880. The number of rotatable bonds is 2. The molecule has 3 nitrogen and oxygen atoms in total. The van der Waals surface area contributed by atoms with E-state index >= 15 is 0 Å². The zero-order valence-electron chi connectivity index (χ0n) is 9.04. The van der Waals surface area contributed by atoms with Crippen LogP contribution < -0.4 is 5.73 Å². The number of aryl methyl sites for hydroxylation is 1. The molecule has 0 radical (unpaired) electrons. The van der Waals surface area contributed by atoms with Crippen LogP contribution in [0.2, 0.25) is 0 Å². The molecule has 1 aromatic heterocycles. The molecule has 2 rings (SSSR count). The maximum absolute atomic E-state index is 13.6. The number of nitrogen functional groups attached to an aromatic ring is 1. The zero-order valence-corrected chi connectivity index (χ0v) is 12.2. The van der Waals surface area contributed by atoms with Gasteiger partial charge in [-0.1, -0.05) is 15.9 Å². The topological polar surface area (TPSA) is 43.8 Å². The molecule has 0 aliphatic heterocycles. The summed E-state index contributed by atoms with van der Waals surface area (Å²) in [7, 11) is 0. The highest BCUT2D eigenvalue weighted by Crippen LogP contribution is 2.24. The number of halogens is 3. The number of anilines is 1. The number of hydrogen-bond acceptors (Lipinski definition) is 2. The fraction of sp³-hybridized carbons (Fsp3) is 0.182. The second kappa shape index (κ2) is 4.78. The van der Waals surface area contributed by atoms with Gasteiger partial charge in [-0.3, -0.25) is 0 Å². The van der Waals surface area contributed by atoms with Gasteiger partial charge in [0.2, 0.25) is 0 Å². The van der Waals surface area contributed by atoms with E-state index in [1.54, 1.807) is 16.8 Å². The summed E-state index contributed by atoms with van der Waals surface area (Å²) < 4.78 is 16.7. The Labute approximate surface area is 115 Å². The van der Waals surface area contributed by atoms with Crippen molar-refractivity contribution in [1.82, 2.24) is 9.78 Å². The standard InChI is InChI=1S/C11H10Br2FN3/c1-6-10(13)11(15)17(16-6)5-7-4-8(12)2-3-9(7)14/h2-4H,5,15H2,1H3. The van der Waals surface area contributed by atoms with Crippen LogP contribution in [0.5, 0.6) is 0 Å². The molecule has 1 heterocycles. The second-order valence-electron chi connectivity index (χ2n) is 3.68. The fourth-order valence-corrected chi connectivity index (χ4v) is 2.22. The average Bonchev–Trinajstić information content (AvgIpc) is 2.52. The molecule has 0 saturated carbocycles. The Morgan fingerprint density at radius 2 is 2.12 bits per heavy atom. The van der Waals surface area contributed by atoms with Crippen molar-refractivity contribution < 1.29 is 4.39 Å². The van der Waals surface area contributed by atoms with Crippen molar-refractivity contribution in [3.63, 3.8) is 0 Å². The van der Waals surface area contributed by atoms with E-state index in [4.69, 9.17) is 5.73 Å². The van der Waals surface area contributed by atoms with E-state index < -0.39 is 0 Å². The van der Waals surface area contributed by atoms with Crippen molar-refractivity contribution in [2.45, 2.75) is 13.5 Å². The van der Waals surface area contributed by atoms with Gasteiger partial charge in [-0.2, -0.15) is 5.10 Å². The first-order valence-electron chi connectivity index (χ1n) is 4.91. The van der Waals surface area contributed by atoms with Gasteiger partial charge in [0.05, 0.1) is 16.7 Å². The minimum Gasteiger partial charge on any atom is -0.383 e. The Morgan fingerprint density at radius 3 is 2.71 bits per heavy atom. The third-order valence-electron chi connectivity index (χ3n) is 2.42. The van der Waals surface area contributed by atoms with E-state index in [0.717, 1.165) is 14.6 Å². The summed E-state index contributed by atoms with van der Waals surface area (Å²) in [5, 5.41) is 4.24. The summed E-state index contributed by atoms with van der Waals surface area (Å²) in [5.74, 6) is 0.235. The van der Waals surface area contributed by atoms with Crippen molar-refractivity contribution in [1.29, 1.82) is 0 Å². The van der Waals surface area contributed by atoms with Crippen LogP contribution in [0.1, 0.15) is 11.3 Å². The molecule has 2 aromatic rings. The molecule has 0 spiro atoms. The first-order valence-corrected chi connectivity index (χ1v) is 6.50. The highest BCUT2D eigenvalue weighted by atomic mass is 79.9. The van der Waals surface area contributed by atoms with Crippen LogP contribution in [0.3, 0.4) is 0 Å². The van der Waals surface area contributed by atoms with Gasteiger partial charge < -0.3 is 5.73 Å². The van der Waals surface area contributed by atoms with Crippen LogP contribution in [-0.2, 0) is 6.54 Å². The molecule has 2 N–H and O–H groups in total. The molecular weight excluding hydrogens is 353 g/mol. The van der Waals surface area contributed by atoms with Crippen molar-refractivity contribution in [3.05, 3.63) is 44.2 Å². The van der Waals surface area contributed by atoms with Crippen LogP contribution in [0, 0.1) is 12.7 Å². The maximum Gasteiger partial charge on any atom is 0.136 e. The Balaban J connectivity index is 2.37. The van der Waals surface area contributed by atoms with Gasteiger partial charge in [-0.25, -0.2) is 9.07 Å². The summed E-state index contributed by atoms with van der Waals surface area (Å²) in [6.07, 6.45) is 0. The van der Waals surface area contributed by atoms with Crippen molar-refractivity contribution in [2.75, 3.05) is 5.73 Å². The number of benzene rings is 1. The molecular formula is C11H10Br2FN3. The van der Waals surface area contributed by atoms with E-state index in [0.29, 0.717) is 17.9 Å². The minimum absolute atomic E-state index is 0.267. The van der Waals surface area contributed by atoms with E-state index in [9.17, 15) is 4.39 Å². The van der Waals surface area contributed by atoms with Gasteiger partial charge in [-0.05, 0) is 41.1 Å². The zero-order chi connectivity index (χ0) is 12.6. The van der Waals surface area contributed by atoms with Crippen molar-refractivity contribution in [2.24, 2.45) is 0 Å². The van der Waals surface area contributed by atoms with Gasteiger partial charge in [0.25, 0.3) is 0 Å². The van der Waals surface area contributed by atoms with Gasteiger partial charge in [0.15, 0.2) is 0 Å². The molecule has 0 atom stereocenters. The average molecular weight is 363 g/mol. The lowest BCUT2D eigenvalue weighted by molar-refractivity contribution is 0.586. The van der Waals surface area contributed by atoms with Crippen molar-refractivity contribution >= 4 is 37.7 Å². The molecule has 0 amide bonds. The normalized spacial score (nSPS) is 10.8. The van der Waals surface area contributed by atoms with E-state index in [-0.39, 0.29) is 5.82 Å². The highest BCUT2D eigenvalue weighted by Gasteiger charge is 2.11. The first kappa shape index (κ1) is 12.6. The lowest BCUT2D eigenvalue weighted by atomic mass is 10.2. The molecule has 6 heteroatoms. The third kappa shape index (κ3) is 2.52. The van der Waals surface area contributed by atoms with E-state index in [1.165, 1.54) is 6.07 Å². The van der Waals surface area contributed by atoms with Gasteiger partial charge in [-0.15, -0.1) is 0 Å². The number of nitrogens with two attached hydrogens (primary N) is 1. The van der Waals surface area contributed by atoms with Crippen molar-refractivity contribution in [3.8, 4) is 0 Å². The van der Waals surface area contributed by atoms with Crippen LogP contribution in [0.4, 0.5) is 10.2 Å². The number of nitrogens with zero attached hydrogens (tertiary/aromatic N) is 2. The largest absolute Gasteiger partial charge is 0.383 e. The molecule has 1 aromatic carbocycles. The third-order valence-corrected chi connectivity index (χ3v) is 3.89. The minimum atomic E-state index is -0.267. The SMILES string of the molecule is Cc1nn(Cc2cc(Br)ccc2F)c(N)c1Br. The quantitative estimate of drug-likeness (QED) is 0.888. The summed E-state index contributed by atoms with van der Waals surface area (Å²) in [6.45, 7) is 2.15. The van der Waals surface area contributed by atoms with Gasteiger partial charge >= 0.3 is 0 Å². The van der Waals surface area contributed by atoms with Crippen LogP contribution in [0.25, 0.3) is 0 Å². The Bertz CT molecular complexity index is 566. The van der Waals surface area contributed by atoms with E-state index in [2.05, 4.69) is 37.0 Å². The summed E-state index contributed by atoms with van der Waals surface area (Å²) in [6, 6.07) is 4.80. The molecule has 0 bridgehead atoms. The highest BCUT2D eigenvalue weighted by molar-refractivity contribution is 9.11. The lowest BCUT2D eigenvalue weighted by Crippen LogP contribution is -2.07. The monoisotopic (exact) mass is 361 g/mol. The molecule has 0 aliphatic rings. The fourth-order valence-electron chi connectivity index (χ4n) is 1.52. The lowest BCUT2D eigenvalue weighted by Gasteiger charge is -2.06. The molecule has 0 fully saturated rings. The second-order valence-corrected chi connectivity index (χ2v) is 5.39. The molecule has 0 saturated heterocycles. The predicted octanol–water partition coefficient (Wildman–Crippen LogP) is 3.49. The predicted molar refractivity (Wildman–Crippen MR) is 72.3 cm³/mol. The smallest absolute Gasteiger partial charge is 0.136 e. The Kier molecular flexibility index (Phi) is 3.53. The maximum atomic E-state index is 13.6. The first-order chi connectivity index (χ1) is 7.99. The van der Waals surface area contributed by atoms with E-state index in [1.807, 2.05) is 6.92 Å². The Morgan fingerprint density at radius 1 is 1.41 bits per heavy atom. The van der Waals surface area contributed by atoms with Crippen LogP contribution in [0.15, 0.2) is 27.1 Å². The molecule has 0 aliphatic carbocycles. The number of aromatic nitrogens is 2. The van der Waals surface area contributed by atoms with Crippen LogP contribution in [-0.4, -0.2) is 9.78 Å². The molecule has 90 valence electrons. The molecule has 0 unspecified atom stereocenters. The van der Waals surface area contributed by atoms with Gasteiger partial charge in [0, 0.05) is 10.0 Å². The summed E-state index contributed by atoms with van der Waals surface area (Å²) >= 11 is 6.65. The summed E-state index contributed by atoms with van der Waals surface area (Å²) in [5.41, 5.74) is 7.19. The number of hydrogen-bond donors (Lipinski definition) is 1. The molecule has 17 heavy (non-hydrogen) atoms. The van der Waals surface area contributed by atoms with Crippen LogP contribution >= 0.6 is 31.9 Å². The van der Waals surface area contributed by atoms with Gasteiger partial charge in [0.1, 0.15) is 11.6 Å². The summed E-state index contributed by atoms with van der Waals surface area (Å²) in [4.78, 5) is 0.